The minimum absolute atomic E-state index is 0.197. The Labute approximate surface area is 317 Å². The largest absolute Gasteiger partial charge is 0.455 e. The Kier molecular flexibility index (Phi) is 5.16. The first kappa shape index (κ1) is 24.9. The summed E-state index contributed by atoms with van der Waals surface area (Å²) in [5.41, 5.74) is 8.22. The molecule has 0 bridgehead atoms. The Hall–Kier alpha value is -7.16. The van der Waals surface area contributed by atoms with Gasteiger partial charge in [-0.05, 0) is 89.6 Å². The van der Waals surface area contributed by atoms with Gasteiger partial charge in [-0.25, -0.2) is 0 Å². The average molecular weight is 692 g/mol. The van der Waals surface area contributed by atoms with Crippen molar-refractivity contribution in [2.75, 3.05) is 0 Å². The molecule has 0 fully saturated rings. The number of benzene rings is 10. The summed E-state index contributed by atoms with van der Waals surface area (Å²) in [6, 6.07) is 50.8. The van der Waals surface area contributed by atoms with Crippen LogP contribution in [-0.2, 0) is 0 Å². The van der Waals surface area contributed by atoms with Crippen molar-refractivity contribution in [3.63, 3.8) is 0 Å². The first-order valence-electron chi connectivity index (χ1n) is 20.6. The molecule has 0 amide bonds. The predicted molar refractivity (Wildman–Crippen MR) is 227 cm³/mol. The van der Waals surface area contributed by atoms with E-state index in [2.05, 4.69) is 109 Å². The van der Waals surface area contributed by atoms with E-state index in [0.717, 1.165) is 109 Å². The zero-order valence-corrected chi connectivity index (χ0v) is 28.8. The minimum Gasteiger partial charge on any atom is -0.455 e. The van der Waals surface area contributed by atoms with Crippen LogP contribution in [0.3, 0.4) is 0 Å². The fraction of sp³-hybridized carbons (Fsp3) is 0. The molecule has 0 radical (unpaired) electrons. The molecule has 0 spiro atoms. The highest BCUT2D eigenvalue weighted by molar-refractivity contribution is 6.30. The highest BCUT2D eigenvalue weighted by Crippen LogP contribution is 2.51. The Morgan fingerprint density at radius 1 is 0.333 bits per heavy atom. The molecule has 12 aromatic rings. The van der Waals surface area contributed by atoms with E-state index in [1.54, 1.807) is 0 Å². The number of para-hydroxylation sites is 2. The molecule has 0 N–H and O–H groups in total. The zero-order valence-electron chi connectivity index (χ0n) is 33.8. The molecule has 2 nitrogen and oxygen atoms in total. The third-order valence-electron chi connectivity index (χ3n) is 11.1. The predicted octanol–water partition coefficient (Wildman–Crippen LogP) is 15.1. The van der Waals surface area contributed by atoms with Crippen molar-refractivity contribution in [1.82, 2.24) is 0 Å². The number of hydrogen-bond donors (Lipinski definition) is 0. The van der Waals surface area contributed by atoms with Crippen molar-refractivity contribution in [2.45, 2.75) is 0 Å². The number of furan rings is 2. The molecule has 0 unspecified atom stereocenters. The van der Waals surface area contributed by atoms with Gasteiger partial charge in [-0.1, -0.05) is 158 Å². The smallest absolute Gasteiger partial charge is 0.147 e. The molecule has 0 aliphatic carbocycles. The fourth-order valence-corrected chi connectivity index (χ4v) is 8.82. The maximum absolute atomic E-state index is 8.58. The molecule has 0 saturated heterocycles. The Bertz CT molecular complexity index is 3630. The molecule has 0 atom stereocenters. The molecule has 0 saturated carbocycles. The summed E-state index contributed by atoms with van der Waals surface area (Å²) in [5.74, 6) is 0. The van der Waals surface area contributed by atoms with E-state index in [0.29, 0.717) is 5.56 Å². The van der Waals surface area contributed by atoms with Crippen LogP contribution < -0.4 is 0 Å². The lowest BCUT2D eigenvalue weighted by Crippen LogP contribution is -1.92. The van der Waals surface area contributed by atoms with E-state index in [1.807, 2.05) is 42.5 Å². The van der Waals surface area contributed by atoms with E-state index in [-0.39, 0.29) is 29.7 Å². The van der Waals surface area contributed by atoms with Gasteiger partial charge in [0.2, 0.25) is 0 Å². The average Bonchev–Trinajstić information content (AvgIpc) is 3.84. The molecule has 2 aromatic heterocycles. The number of hydrogen-bond acceptors (Lipinski definition) is 2. The first-order valence-corrected chi connectivity index (χ1v) is 18.1. The van der Waals surface area contributed by atoms with Crippen LogP contribution in [0.15, 0.2) is 191 Å². The maximum atomic E-state index is 8.58. The lowest BCUT2D eigenvalue weighted by atomic mass is 9.83. The van der Waals surface area contributed by atoms with Gasteiger partial charge in [0.25, 0.3) is 0 Å². The monoisotopic (exact) mass is 691 g/mol. The molecule has 0 aliphatic rings. The topological polar surface area (TPSA) is 26.3 Å². The van der Waals surface area contributed by atoms with Gasteiger partial charge in [0.15, 0.2) is 0 Å². The van der Waals surface area contributed by atoms with Gasteiger partial charge in [-0.2, -0.15) is 0 Å². The summed E-state index contributed by atoms with van der Waals surface area (Å²) in [6.45, 7) is 0. The van der Waals surface area contributed by atoms with Crippen molar-refractivity contribution < 1.29 is 15.7 Å². The standard InChI is InChI=1S/C52H30O2/c1-2-13-31(14-3-1)32-25-27-34-33(29-32)26-28-36-35(34)21-12-22-39(36)48-40-17-4-6-19-42(40)49(43-20-7-5-18-41(43)48)50-51-44(37-15-8-10-23-46(37)53-51)30-45-38-16-9-11-24-47(38)54-52(45)50/h1-30H/i1D,2D,3D,13D,14D. The van der Waals surface area contributed by atoms with Crippen LogP contribution in [0.2, 0.25) is 0 Å². The van der Waals surface area contributed by atoms with Gasteiger partial charge < -0.3 is 8.83 Å². The van der Waals surface area contributed by atoms with Gasteiger partial charge in [0, 0.05) is 27.1 Å². The summed E-state index contributed by atoms with van der Waals surface area (Å²) in [6.07, 6.45) is 0. The first-order chi connectivity index (χ1) is 28.9. The van der Waals surface area contributed by atoms with Crippen molar-refractivity contribution >= 4 is 87.0 Å². The highest BCUT2D eigenvalue weighted by Gasteiger charge is 2.26. The molecule has 2 heterocycles. The van der Waals surface area contributed by atoms with E-state index >= 15 is 0 Å². The molecular weight excluding hydrogens is 657 g/mol. The summed E-state index contributed by atoms with van der Waals surface area (Å²) in [4.78, 5) is 0. The molecule has 0 aliphatic heterocycles. The number of fused-ring (bicyclic) bond motifs is 11. The third kappa shape index (κ3) is 4.11. The van der Waals surface area contributed by atoms with Gasteiger partial charge in [-0.3, -0.25) is 0 Å². The molecule has 2 heteroatoms. The molecule has 10 aromatic carbocycles. The second-order valence-electron chi connectivity index (χ2n) is 13.9. The van der Waals surface area contributed by atoms with Crippen molar-refractivity contribution in [3.05, 3.63) is 182 Å². The summed E-state index contributed by atoms with van der Waals surface area (Å²) < 4.78 is 55.3. The number of rotatable bonds is 3. The van der Waals surface area contributed by atoms with Crippen molar-refractivity contribution in [2.24, 2.45) is 0 Å². The Morgan fingerprint density at radius 3 is 1.50 bits per heavy atom. The summed E-state index contributed by atoms with van der Waals surface area (Å²) >= 11 is 0. The van der Waals surface area contributed by atoms with Crippen LogP contribution in [0.5, 0.6) is 0 Å². The van der Waals surface area contributed by atoms with E-state index in [9.17, 15) is 0 Å². The van der Waals surface area contributed by atoms with E-state index < -0.39 is 6.04 Å². The molecule has 12 rings (SSSR count). The van der Waals surface area contributed by atoms with Crippen LogP contribution in [0.1, 0.15) is 6.85 Å². The van der Waals surface area contributed by atoms with E-state index in [1.165, 1.54) is 0 Å². The van der Waals surface area contributed by atoms with E-state index in [4.69, 9.17) is 15.7 Å². The van der Waals surface area contributed by atoms with Crippen LogP contribution in [0.25, 0.3) is 120 Å². The SMILES string of the molecule is [2H]c1c([2H])c([2H])c(-c2ccc3c(ccc4c(-c5c6ccccc6c(-c6c7oc8ccccc8c7cc7c6oc6ccccc67)c6ccccc56)cccc43)c2)c([2H])c1[2H]. The van der Waals surface area contributed by atoms with Gasteiger partial charge in [0.05, 0.1) is 12.4 Å². The summed E-state index contributed by atoms with van der Waals surface area (Å²) in [5, 5.41) is 12.6. The van der Waals surface area contributed by atoms with Crippen LogP contribution in [0.4, 0.5) is 0 Å². The minimum atomic E-state index is -0.398. The highest BCUT2D eigenvalue weighted by atomic mass is 16.3. The van der Waals surface area contributed by atoms with Crippen LogP contribution in [0, 0.1) is 0 Å². The van der Waals surface area contributed by atoms with Gasteiger partial charge in [-0.15, -0.1) is 0 Å². The lowest BCUT2D eigenvalue weighted by molar-refractivity contribution is 0.658. The fourth-order valence-electron chi connectivity index (χ4n) is 8.82. The van der Waals surface area contributed by atoms with Crippen molar-refractivity contribution in [3.8, 4) is 33.4 Å². The van der Waals surface area contributed by atoms with Crippen LogP contribution >= 0.6 is 0 Å². The Morgan fingerprint density at radius 2 is 0.870 bits per heavy atom. The van der Waals surface area contributed by atoms with Crippen LogP contribution in [-0.4, -0.2) is 0 Å². The lowest BCUT2D eigenvalue weighted by Gasteiger charge is -2.19. The quantitative estimate of drug-likeness (QED) is 0.136. The zero-order chi connectivity index (χ0) is 39.7. The molecular formula is C52H30O2. The molecule has 250 valence electrons. The second-order valence-corrected chi connectivity index (χ2v) is 13.9. The van der Waals surface area contributed by atoms with Gasteiger partial charge >= 0.3 is 0 Å². The summed E-state index contributed by atoms with van der Waals surface area (Å²) in [7, 11) is 0. The Balaban J connectivity index is 1.15. The second kappa shape index (κ2) is 11.2. The van der Waals surface area contributed by atoms with Gasteiger partial charge in [0.1, 0.15) is 22.3 Å². The molecule has 54 heavy (non-hydrogen) atoms. The van der Waals surface area contributed by atoms with Crippen molar-refractivity contribution in [1.29, 1.82) is 0 Å². The maximum Gasteiger partial charge on any atom is 0.147 e. The normalized spacial score (nSPS) is 13.4. The third-order valence-corrected chi connectivity index (χ3v) is 11.1.